The average molecular weight is 623 g/mol. The predicted octanol–water partition coefficient (Wildman–Crippen LogP) is 13.1. The fraction of sp³-hybridized carbons (Fsp3) is 0.174. The Morgan fingerprint density at radius 3 is 2.52 bits per heavy atom. The van der Waals surface area contributed by atoms with Crippen molar-refractivity contribution in [2.24, 2.45) is 0 Å². The molecule has 6 aromatic rings. The maximum Gasteiger partial charge on any atom is 0.0595 e. The molecule has 0 bridgehead atoms. The molecule has 2 aromatic heterocycles. The number of aromatic nitrogens is 2. The standard InChI is InChI=1S/C46H42N2/c1-5-9-18-31(7-3)34-27-35(32-19-11-10-12-20-32)29-36(28-34)47-41-23-15-14-22-38(41)46-43(47)26-25-39-44-30-33(17-6-2)40(8-4)48(44)42-24-16-13-21-37(42)45(39)46/h6-12,14-15,17-23,25-30,42H,4-5,13,16,24H2,1-3H3/b17-6-,18-9-,31-7+. The van der Waals surface area contributed by atoms with Crippen molar-refractivity contribution >= 4 is 45.1 Å². The number of benzene rings is 4. The molecule has 1 unspecified atom stereocenters. The second-order valence-corrected chi connectivity index (χ2v) is 13.0. The SMILES string of the molecule is C=Cc1c(/C=C\C)cc2n1C1CCCC=C1c1c-2ccc2c1c1ccccc1n2-c1cc(C(/C=C\CC)=C/C)cc(-c2ccccc2)c1. The second-order valence-electron chi connectivity index (χ2n) is 13.0. The Bertz CT molecular complexity index is 2330. The molecule has 1 aliphatic heterocycles. The highest BCUT2D eigenvalue weighted by Gasteiger charge is 2.34. The van der Waals surface area contributed by atoms with Gasteiger partial charge < -0.3 is 9.13 Å². The fourth-order valence-corrected chi connectivity index (χ4v) is 8.19. The zero-order valence-electron chi connectivity index (χ0n) is 28.2. The van der Waals surface area contributed by atoms with Crippen molar-refractivity contribution in [1.82, 2.24) is 9.13 Å². The van der Waals surface area contributed by atoms with E-state index in [0.717, 1.165) is 19.3 Å². The van der Waals surface area contributed by atoms with Crippen LogP contribution < -0.4 is 0 Å². The molecule has 48 heavy (non-hydrogen) atoms. The van der Waals surface area contributed by atoms with Crippen LogP contribution in [0.15, 0.2) is 128 Å². The van der Waals surface area contributed by atoms with Crippen molar-refractivity contribution in [3.8, 4) is 28.1 Å². The van der Waals surface area contributed by atoms with Gasteiger partial charge >= 0.3 is 0 Å². The highest BCUT2D eigenvalue weighted by atomic mass is 15.1. The summed E-state index contributed by atoms with van der Waals surface area (Å²) in [5.41, 5.74) is 16.5. The van der Waals surface area contributed by atoms with Gasteiger partial charge in [0.05, 0.1) is 22.8 Å². The summed E-state index contributed by atoms with van der Waals surface area (Å²) in [4.78, 5) is 0. The zero-order chi connectivity index (χ0) is 32.8. The fourth-order valence-electron chi connectivity index (χ4n) is 8.19. The van der Waals surface area contributed by atoms with E-state index in [1.807, 2.05) is 6.08 Å². The molecule has 8 rings (SSSR count). The van der Waals surface area contributed by atoms with Crippen LogP contribution in [0.25, 0.3) is 73.2 Å². The lowest BCUT2D eigenvalue weighted by Gasteiger charge is -2.35. The second kappa shape index (κ2) is 12.4. The van der Waals surface area contributed by atoms with Gasteiger partial charge in [0.2, 0.25) is 0 Å². The van der Waals surface area contributed by atoms with Crippen molar-refractivity contribution < 1.29 is 0 Å². The van der Waals surface area contributed by atoms with E-state index in [1.54, 1.807) is 0 Å². The van der Waals surface area contributed by atoms with Crippen LogP contribution in [0.2, 0.25) is 0 Å². The Morgan fingerprint density at radius 1 is 0.896 bits per heavy atom. The third-order valence-electron chi connectivity index (χ3n) is 10.2. The molecule has 2 nitrogen and oxygen atoms in total. The number of nitrogens with zero attached hydrogens (tertiary/aromatic N) is 2. The van der Waals surface area contributed by atoms with Gasteiger partial charge in [0.15, 0.2) is 0 Å². The molecule has 236 valence electrons. The van der Waals surface area contributed by atoms with Gasteiger partial charge in [0.25, 0.3) is 0 Å². The molecule has 4 aromatic carbocycles. The topological polar surface area (TPSA) is 9.86 Å². The lowest BCUT2D eigenvalue weighted by atomic mass is 9.81. The molecule has 0 saturated carbocycles. The van der Waals surface area contributed by atoms with Gasteiger partial charge in [-0.15, -0.1) is 0 Å². The summed E-state index contributed by atoms with van der Waals surface area (Å²) in [6, 6.07) is 34.3. The number of fused-ring (bicyclic) bond motifs is 10. The normalized spacial score (nSPS) is 16.0. The van der Waals surface area contributed by atoms with Crippen molar-refractivity contribution in [3.63, 3.8) is 0 Å². The minimum atomic E-state index is 0.302. The first kappa shape index (κ1) is 30.0. The molecule has 2 heteroatoms. The Balaban J connectivity index is 1.46. The van der Waals surface area contributed by atoms with E-state index in [2.05, 4.69) is 164 Å². The number of allylic oxidation sites excluding steroid dienone is 7. The molecule has 3 heterocycles. The van der Waals surface area contributed by atoms with Crippen LogP contribution in [-0.2, 0) is 0 Å². The van der Waals surface area contributed by atoms with Crippen LogP contribution in [0.3, 0.4) is 0 Å². The summed E-state index contributed by atoms with van der Waals surface area (Å²) >= 11 is 0. The molecule has 1 aliphatic carbocycles. The molecule has 2 aliphatic rings. The van der Waals surface area contributed by atoms with Crippen LogP contribution in [0.1, 0.15) is 74.9 Å². The first-order valence-electron chi connectivity index (χ1n) is 17.5. The monoisotopic (exact) mass is 622 g/mol. The van der Waals surface area contributed by atoms with Crippen LogP contribution >= 0.6 is 0 Å². The van der Waals surface area contributed by atoms with Crippen LogP contribution in [0.5, 0.6) is 0 Å². The first-order chi connectivity index (χ1) is 23.7. The molecule has 0 radical (unpaired) electrons. The molecule has 0 amide bonds. The first-order valence-corrected chi connectivity index (χ1v) is 17.5. The minimum Gasteiger partial charge on any atom is -0.333 e. The Morgan fingerprint density at radius 2 is 1.73 bits per heavy atom. The van der Waals surface area contributed by atoms with E-state index < -0.39 is 0 Å². The molecule has 1 atom stereocenters. The van der Waals surface area contributed by atoms with E-state index in [4.69, 9.17) is 0 Å². The summed E-state index contributed by atoms with van der Waals surface area (Å²) < 4.78 is 5.07. The highest BCUT2D eigenvalue weighted by molar-refractivity contribution is 6.17. The molecular formula is C46H42N2. The third kappa shape index (κ3) is 4.70. The van der Waals surface area contributed by atoms with E-state index in [1.165, 1.54) is 89.8 Å². The minimum absolute atomic E-state index is 0.302. The highest BCUT2D eigenvalue weighted by Crippen LogP contribution is 2.52. The van der Waals surface area contributed by atoms with Crippen LogP contribution in [0, 0.1) is 0 Å². The maximum atomic E-state index is 4.26. The summed E-state index contributed by atoms with van der Waals surface area (Å²) in [6.45, 7) is 10.7. The molecular weight excluding hydrogens is 581 g/mol. The zero-order valence-corrected chi connectivity index (χ0v) is 28.2. The molecule has 0 saturated heterocycles. The van der Waals surface area contributed by atoms with Gasteiger partial charge in [0.1, 0.15) is 0 Å². The average Bonchev–Trinajstić information content (AvgIpc) is 3.68. The predicted molar refractivity (Wildman–Crippen MR) is 208 cm³/mol. The summed E-state index contributed by atoms with van der Waals surface area (Å²) in [5.74, 6) is 0. The summed E-state index contributed by atoms with van der Waals surface area (Å²) in [7, 11) is 0. The van der Waals surface area contributed by atoms with E-state index >= 15 is 0 Å². The lowest BCUT2D eigenvalue weighted by molar-refractivity contribution is 0.531. The van der Waals surface area contributed by atoms with E-state index in [-0.39, 0.29) is 0 Å². The van der Waals surface area contributed by atoms with Crippen molar-refractivity contribution in [1.29, 1.82) is 0 Å². The van der Waals surface area contributed by atoms with Gasteiger partial charge in [-0.1, -0.05) is 105 Å². The van der Waals surface area contributed by atoms with Gasteiger partial charge in [-0.05, 0) is 121 Å². The quantitative estimate of drug-likeness (QED) is 0.157. The summed E-state index contributed by atoms with van der Waals surface area (Å²) in [6.07, 6.45) is 20.1. The van der Waals surface area contributed by atoms with E-state index in [9.17, 15) is 0 Å². The Labute approximate surface area is 284 Å². The van der Waals surface area contributed by atoms with Crippen LogP contribution in [0.4, 0.5) is 0 Å². The number of para-hydroxylation sites is 1. The van der Waals surface area contributed by atoms with Gasteiger partial charge in [0, 0.05) is 27.7 Å². The number of hydrogen-bond donors (Lipinski definition) is 0. The van der Waals surface area contributed by atoms with Gasteiger partial charge in [-0.3, -0.25) is 0 Å². The van der Waals surface area contributed by atoms with E-state index in [0.29, 0.717) is 6.04 Å². The molecule has 0 spiro atoms. The van der Waals surface area contributed by atoms with Crippen molar-refractivity contribution in [2.45, 2.75) is 52.5 Å². The van der Waals surface area contributed by atoms with Gasteiger partial charge in [-0.25, -0.2) is 0 Å². The Hall–Kier alpha value is -5.34. The number of hydrogen-bond acceptors (Lipinski definition) is 0. The lowest BCUT2D eigenvalue weighted by Crippen LogP contribution is -2.21. The number of rotatable bonds is 7. The van der Waals surface area contributed by atoms with Gasteiger partial charge in [-0.2, -0.15) is 0 Å². The van der Waals surface area contributed by atoms with Crippen molar-refractivity contribution in [3.05, 3.63) is 150 Å². The third-order valence-corrected chi connectivity index (χ3v) is 10.2. The largest absolute Gasteiger partial charge is 0.333 e. The molecule has 0 fully saturated rings. The smallest absolute Gasteiger partial charge is 0.0595 e. The molecule has 0 N–H and O–H groups in total. The Kier molecular flexibility index (Phi) is 7.73. The maximum absolute atomic E-state index is 4.26. The van der Waals surface area contributed by atoms with Crippen LogP contribution in [-0.4, -0.2) is 9.13 Å². The summed E-state index contributed by atoms with van der Waals surface area (Å²) in [5, 5.41) is 2.65. The van der Waals surface area contributed by atoms with Crippen molar-refractivity contribution in [2.75, 3.05) is 0 Å².